The van der Waals surface area contributed by atoms with Crippen LogP contribution in [0, 0.1) is 6.92 Å². The standard InChI is InChI=1S/C21H21N3O4S/c1-14-5-3-4-6-18(14)20-23-22-19(28-20)15-7-9-16(10-8-15)21(25)24(2)17-11-12-29(26,27)13-17/h3-10,17H,11-13H2,1-2H3/t17-/m0/s1. The van der Waals surface area contributed by atoms with Crippen LogP contribution in [0.15, 0.2) is 52.9 Å². The van der Waals surface area contributed by atoms with Gasteiger partial charge in [0.2, 0.25) is 11.8 Å². The topological polar surface area (TPSA) is 93.4 Å². The number of carbonyl (C=O) groups is 1. The van der Waals surface area contributed by atoms with Gasteiger partial charge in [-0.15, -0.1) is 10.2 Å². The minimum atomic E-state index is -3.04. The third-order valence-corrected chi connectivity index (χ3v) is 7.01. The molecule has 0 saturated carbocycles. The van der Waals surface area contributed by atoms with Crippen molar-refractivity contribution in [1.82, 2.24) is 15.1 Å². The normalized spacial score (nSPS) is 17.9. The predicted octanol–water partition coefficient (Wildman–Crippen LogP) is 2.97. The SMILES string of the molecule is Cc1ccccc1-c1nnc(-c2ccc(C(=O)N(C)[C@H]3CCS(=O)(=O)C3)cc2)o1. The van der Waals surface area contributed by atoms with Crippen LogP contribution in [0.25, 0.3) is 22.9 Å². The number of hydrogen-bond donors (Lipinski definition) is 0. The van der Waals surface area contributed by atoms with Gasteiger partial charge in [0, 0.05) is 29.8 Å². The van der Waals surface area contributed by atoms with Gasteiger partial charge in [-0.1, -0.05) is 18.2 Å². The zero-order valence-corrected chi connectivity index (χ0v) is 17.0. The monoisotopic (exact) mass is 411 g/mol. The van der Waals surface area contributed by atoms with Gasteiger partial charge in [-0.25, -0.2) is 8.42 Å². The lowest BCUT2D eigenvalue weighted by molar-refractivity contribution is 0.0747. The lowest BCUT2D eigenvalue weighted by Crippen LogP contribution is -2.37. The summed E-state index contributed by atoms with van der Waals surface area (Å²) in [6.07, 6.45) is 0.478. The van der Waals surface area contributed by atoms with E-state index < -0.39 is 9.84 Å². The maximum Gasteiger partial charge on any atom is 0.253 e. The first-order valence-electron chi connectivity index (χ1n) is 9.31. The zero-order chi connectivity index (χ0) is 20.6. The van der Waals surface area contributed by atoms with Crippen LogP contribution in [0.5, 0.6) is 0 Å². The van der Waals surface area contributed by atoms with Crippen LogP contribution in [0.4, 0.5) is 0 Å². The quantitative estimate of drug-likeness (QED) is 0.655. The van der Waals surface area contributed by atoms with Gasteiger partial charge < -0.3 is 9.32 Å². The molecule has 4 rings (SSSR count). The van der Waals surface area contributed by atoms with Crippen molar-refractivity contribution in [1.29, 1.82) is 0 Å². The van der Waals surface area contributed by atoms with E-state index in [-0.39, 0.29) is 23.5 Å². The van der Waals surface area contributed by atoms with Gasteiger partial charge in [0.15, 0.2) is 9.84 Å². The Morgan fingerprint density at radius 3 is 2.41 bits per heavy atom. The van der Waals surface area contributed by atoms with E-state index in [2.05, 4.69) is 10.2 Å². The molecule has 2 heterocycles. The molecule has 2 aromatic carbocycles. The molecule has 1 amide bonds. The Kier molecular flexibility index (Phi) is 4.96. The molecule has 1 fully saturated rings. The van der Waals surface area contributed by atoms with Gasteiger partial charge in [0.25, 0.3) is 5.91 Å². The van der Waals surface area contributed by atoms with E-state index in [4.69, 9.17) is 4.42 Å². The summed E-state index contributed by atoms with van der Waals surface area (Å²) in [6.45, 7) is 1.98. The number of aromatic nitrogens is 2. The Bertz CT molecular complexity index is 1150. The second-order valence-electron chi connectivity index (χ2n) is 7.28. The number of hydrogen-bond acceptors (Lipinski definition) is 6. The zero-order valence-electron chi connectivity index (χ0n) is 16.2. The maximum absolute atomic E-state index is 12.7. The summed E-state index contributed by atoms with van der Waals surface area (Å²) < 4.78 is 29.1. The summed E-state index contributed by atoms with van der Waals surface area (Å²) in [5.41, 5.74) is 3.12. The van der Waals surface area contributed by atoms with E-state index in [1.807, 2.05) is 31.2 Å². The Morgan fingerprint density at radius 2 is 1.76 bits per heavy atom. The summed E-state index contributed by atoms with van der Waals surface area (Å²) in [4.78, 5) is 14.2. The molecule has 3 aromatic rings. The van der Waals surface area contributed by atoms with Crippen molar-refractivity contribution in [3.05, 3.63) is 59.7 Å². The molecule has 8 heteroatoms. The molecule has 1 aromatic heterocycles. The van der Waals surface area contributed by atoms with E-state index in [9.17, 15) is 13.2 Å². The van der Waals surface area contributed by atoms with E-state index in [1.165, 1.54) is 4.90 Å². The molecule has 29 heavy (non-hydrogen) atoms. The summed E-state index contributed by atoms with van der Waals surface area (Å²) in [5.74, 6) is 0.772. The Labute approximate surface area is 169 Å². The molecular formula is C21H21N3O4S. The molecule has 0 unspecified atom stereocenters. The highest BCUT2D eigenvalue weighted by Gasteiger charge is 2.33. The number of rotatable bonds is 4. The average molecular weight is 411 g/mol. The molecule has 1 aliphatic rings. The van der Waals surface area contributed by atoms with Crippen molar-refractivity contribution >= 4 is 15.7 Å². The second-order valence-corrected chi connectivity index (χ2v) is 9.51. The van der Waals surface area contributed by atoms with E-state index in [0.29, 0.717) is 29.3 Å². The molecule has 0 aliphatic carbocycles. The predicted molar refractivity (Wildman–Crippen MR) is 109 cm³/mol. The Morgan fingerprint density at radius 1 is 1.07 bits per heavy atom. The Balaban J connectivity index is 1.51. The molecule has 1 atom stereocenters. The van der Waals surface area contributed by atoms with Gasteiger partial charge in [0.05, 0.1) is 11.5 Å². The van der Waals surface area contributed by atoms with Gasteiger partial charge in [0.1, 0.15) is 0 Å². The molecule has 1 aliphatic heterocycles. The number of aryl methyl sites for hydroxylation is 1. The molecule has 0 radical (unpaired) electrons. The molecule has 150 valence electrons. The number of carbonyl (C=O) groups excluding carboxylic acids is 1. The fourth-order valence-corrected chi connectivity index (χ4v) is 5.24. The van der Waals surface area contributed by atoms with Crippen LogP contribution in [-0.4, -0.2) is 54.0 Å². The first-order chi connectivity index (χ1) is 13.8. The van der Waals surface area contributed by atoms with E-state index in [1.54, 1.807) is 31.3 Å². The minimum absolute atomic E-state index is 0.0248. The van der Waals surface area contributed by atoms with Crippen LogP contribution in [0.3, 0.4) is 0 Å². The van der Waals surface area contributed by atoms with Crippen LogP contribution in [0.2, 0.25) is 0 Å². The average Bonchev–Trinajstić information content (AvgIpc) is 3.34. The largest absolute Gasteiger partial charge is 0.416 e. The smallest absolute Gasteiger partial charge is 0.253 e. The molecular weight excluding hydrogens is 390 g/mol. The van der Waals surface area contributed by atoms with E-state index >= 15 is 0 Å². The van der Waals surface area contributed by atoms with Crippen molar-refractivity contribution in [3.63, 3.8) is 0 Å². The van der Waals surface area contributed by atoms with Gasteiger partial charge in [-0.3, -0.25) is 4.79 Å². The highest BCUT2D eigenvalue weighted by Crippen LogP contribution is 2.26. The first-order valence-corrected chi connectivity index (χ1v) is 11.1. The van der Waals surface area contributed by atoms with Crippen LogP contribution >= 0.6 is 0 Å². The first kappa shape index (κ1) is 19.3. The number of nitrogens with zero attached hydrogens (tertiary/aromatic N) is 3. The highest BCUT2D eigenvalue weighted by molar-refractivity contribution is 7.91. The lowest BCUT2D eigenvalue weighted by Gasteiger charge is -2.23. The molecule has 1 saturated heterocycles. The molecule has 0 bridgehead atoms. The highest BCUT2D eigenvalue weighted by atomic mass is 32.2. The fourth-order valence-electron chi connectivity index (χ4n) is 3.47. The third-order valence-electron chi connectivity index (χ3n) is 5.26. The maximum atomic E-state index is 12.7. The fraction of sp³-hybridized carbons (Fsp3) is 0.286. The van der Waals surface area contributed by atoms with Gasteiger partial charge in [-0.2, -0.15) is 0 Å². The number of sulfone groups is 1. The summed E-state index contributed by atoms with van der Waals surface area (Å²) in [5, 5.41) is 8.24. The van der Waals surface area contributed by atoms with Crippen molar-refractivity contribution in [2.45, 2.75) is 19.4 Å². The Hall–Kier alpha value is -3.00. The number of benzene rings is 2. The summed E-state index contributed by atoms with van der Waals surface area (Å²) in [7, 11) is -1.40. The molecule has 0 N–H and O–H groups in total. The molecule has 7 nitrogen and oxygen atoms in total. The van der Waals surface area contributed by atoms with Gasteiger partial charge in [-0.05, 0) is 49.2 Å². The molecule has 0 spiro atoms. The van der Waals surface area contributed by atoms with Crippen LogP contribution < -0.4 is 0 Å². The van der Waals surface area contributed by atoms with E-state index in [0.717, 1.165) is 11.1 Å². The summed E-state index contributed by atoms with van der Waals surface area (Å²) in [6, 6.07) is 14.4. The van der Waals surface area contributed by atoms with Gasteiger partial charge >= 0.3 is 0 Å². The van der Waals surface area contributed by atoms with Crippen LogP contribution in [0.1, 0.15) is 22.3 Å². The third kappa shape index (κ3) is 3.93. The van der Waals surface area contributed by atoms with Crippen molar-refractivity contribution in [3.8, 4) is 22.9 Å². The van der Waals surface area contributed by atoms with Crippen LogP contribution in [-0.2, 0) is 9.84 Å². The second kappa shape index (κ2) is 7.44. The lowest BCUT2D eigenvalue weighted by atomic mass is 10.1. The minimum Gasteiger partial charge on any atom is -0.416 e. The van der Waals surface area contributed by atoms with Crippen molar-refractivity contribution in [2.24, 2.45) is 0 Å². The summed E-state index contributed by atoms with van der Waals surface area (Å²) >= 11 is 0. The number of amides is 1. The van der Waals surface area contributed by atoms with Crippen molar-refractivity contribution < 1.29 is 17.6 Å². The van der Waals surface area contributed by atoms with Crippen molar-refractivity contribution in [2.75, 3.05) is 18.6 Å².